The highest BCUT2D eigenvalue weighted by atomic mass is 32.2. The Morgan fingerprint density at radius 3 is 2.71 bits per heavy atom. The van der Waals surface area contributed by atoms with Crippen molar-refractivity contribution in [3.05, 3.63) is 24.0 Å². The van der Waals surface area contributed by atoms with Crippen molar-refractivity contribution < 1.29 is 8.42 Å². The Bertz CT molecular complexity index is 437. The third-order valence-electron chi connectivity index (χ3n) is 2.82. The maximum atomic E-state index is 11.1. The lowest BCUT2D eigenvalue weighted by atomic mass is 10.1. The van der Waals surface area contributed by atoms with Gasteiger partial charge in [0.15, 0.2) is 0 Å². The van der Waals surface area contributed by atoms with E-state index >= 15 is 0 Å². The van der Waals surface area contributed by atoms with E-state index in [-0.39, 0.29) is 5.75 Å². The lowest BCUT2D eigenvalue weighted by Gasteiger charge is -2.13. The molecule has 0 aliphatic heterocycles. The average Bonchev–Trinajstić information content (AvgIpc) is 2.70. The number of nitrogens with one attached hydrogen (secondary N) is 1. The second-order valence-corrected chi connectivity index (χ2v) is 6.70. The molecule has 0 fully saturated rings. The zero-order chi connectivity index (χ0) is 12.9. The molecule has 17 heavy (non-hydrogen) atoms. The molecular weight excluding hydrogens is 236 g/mol. The summed E-state index contributed by atoms with van der Waals surface area (Å²) in [6, 6.07) is 2.42. The molecule has 4 nitrogen and oxygen atoms in total. The van der Waals surface area contributed by atoms with Crippen LogP contribution in [0.1, 0.15) is 31.4 Å². The van der Waals surface area contributed by atoms with Crippen molar-refractivity contribution in [2.45, 2.75) is 32.4 Å². The standard InChI is InChI=1S/C12H22N2O2S/c1-4-5-12(13-2)11-6-7-14(10-11)8-9-17(3,15)16/h6-7,10,12-13H,4-5,8-9H2,1-3H3. The number of aromatic nitrogens is 1. The molecule has 0 radical (unpaired) electrons. The molecule has 0 amide bonds. The van der Waals surface area contributed by atoms with Crippen LogP contribution in [0.4, 0.5) is 0 Å². The van der Waals surface area contributed by atoms with E-state index in [4.69, 9.17) is 0 Å². The van der Waals surface area contributed by atoms with E-state index < -0.39 is 9.84 Å². The van der Waals surface area contributed by atoms with Crippen LogP contribution < -0.4 is 5.32 Å². The van der Waals surface area contributed by atoms with E-state index in [1.807, 2.05) is 24.0 Å². The van der Waals surface area contributed by atoms with Crippen LogP contribution >= 0.6 is 0 Å². The Labute approximate surface area is 104 Å². The van der Waals surface area contributed by atoms with Crippen molar-refractivity contribution in [3.63, 3.8) is 0 Å². The minimum absolute atomic E-state index is 0.194. The van der Waals surface area contributed by atoms with Crippen molar-refractivity contribution in [1.82, 2.24) is 9.88 Å². The molecule has 1 unspecified atom stereocenters. The molecule has 0 spiro atoms. The summed E-state index contributed by atoms with van der Waals surface area (Å²) in [6.45, 7) is 2.69. The van der Waals surface area contributed by atoms with Gasteiger partial charge in [0.25, 0.3) is 0 Å². The fraction of sp³-hybridized carbons (Fsp3) is 0.667. The quantitative estimate of drug-likeness (QED) is 0.808. The van der Waals surface area contributed by atoms with Gasteiger partial charge in [-0.2, -0.15) is 0 Å². The SMILES string of the molecule is CCCC(NC)c1ccn(CCS(C)(=O)=O)c1. The van der Waals surface area contributed by atoms with Crippen LogP contribution in [-0.2, 0) is 16.4 Å². The first-order valence-corrected chi connectivity index (χ1v) is 8.03. The molecule has 98 valence electrons. The first-order valence-electron chi connectivity index (χ1n) is 5.97. The summed E-state index contributed by atoms with van der Waals surface area (Å²) in [4.78, 5) is 0. The number of rotatable bonds is 7. The number of nitrogens with zero attached hydrogens (tertiary/aromatic N) is 1. The number of sulfone groups is 1. The summed E-state index contributed by atoms with van der Waals surface area (Å²) < 4.78 is 24.1. The summed E-state index contributed by atoms with van der Waals surface area (Å²) in [5.74, 6) is 0.194. The van der Waals surface area contributed by atoms with E-state index in [0.29, 0.717) is 12.6 Å². The Hall–Kier alpha value is -0.810. The van der Waals surface area contributed by atoms with Crippen LogP contribution in [-0.4, -0.2) is 32.0 Å². The second-order valence-electron chi connectivity index (χ2n) is 4.44. The van der Waals surface area contributed by atoms with E-state index in [1.165, 1.54) is 11.8 Å². The highest BCUT2D eigenvalue weighted by Gasteiger charge is 2.10. The fourth-order valence-corrected chi connectivity index (χ4v) is 2.38. The van der Waals surface area contributed by atoms with Crippen molar-refractivity contribution in [3.8, 4) is 0 Å². The number of hydrogen-bond donors (Lipinski definition) is 1. The summed E-state index contributed by atoms with van der Waals surface area (Å²) in [7, 11) is -0.933. The van der Waals surface area contributed by atoms with Crippen LogP contribution in [0.3, 0.4) is 0 Å². The third kappa shape index (κ3) is 4.91. The van der Waals surface area contributed by atoms with Gasteiger partial charge in [-0.25, -0.2) is 8.42 Å². The van der Waals surface area contributed by atoms with Gasteiger partial charge in [0.1, 0.15) is 9.84 Å². The molecule has 0 saturated carbocycles. The van der Waals surface area contributed by atoms with Gasteiger partial charge in [0, 0.05) is 31.2 Å². The Morgan fingerprint density at radius 1 is 1.47 bits per heavy atom. The van der Waals surface area contributed by atoms with Crippen LogP contribution in [0.2, 0.25) is 0 Å². The van der Waals surface area contributed by atoms with E-state index in [1.54, 1.807) is 0 Å². The fourth-order valence-electron chi connectivity index (χ4n) is 1.84. The third-order valence-corrected chi connectivity index (χ3v) is 3.75. The highest BCUT2D eigenvalue weighted by molar-refractivity contribution is 7.90. The molecule has 0 aromatic carbocycles. The first kappa shape index (κ1) is 14.3. The molecule has 1 heterocycles. The summed E-state index contributed by atoms with van der Waals surface area (Å²) in [6.07, 6.45) is 7.46. The molecule has 0 aliphatic carbocycles. The van der Waals surface area contributed by atoms with Crippen LogP contribution in [0.15, 0.2) is 18.5 Å². The van der Waals surface area contributed by atoms with Crippen LogP contribution in [0.5, 0.6) is 0 Å². The Balaban J connectivity index is 2.64. The number of aryl methyl sites for hydroxylation is 1. The molecule has 1 atom stereocenters. The smallest absolute Gasteiger partial charge is 0.149 e. The molecule has 1 aromatic rings. The molecule has 5 heteroatoms. The van der Waals surface area contributed by atoms with Crippen molar-refractivity contribution in [2.24, 2.45) is 0 Å². The average molecular weight is 258 g/mol. The molecule has 0 bridgehead atoms. The maximum Gasteiger partial charge on any atom is 0.149 e. The molecular formula is C12H22N2O2S. The summed E-state index contributed by atoms with van der Waals surface area (Å²) in [5.41, 5.74) is 1.22. The topological polar surface area (TPSA) is 51.1 Å². The van der Waals surface area contributed by atoms with Gasteiger partial charge < -0.3 is 9.88 Å². The summed E-state index contributed by atoms with van der Waals surface area (Å²) in [5, 5.41) is 3.27. The van der Waals surface area contributed by atoms with Gasteiger partial charge in [0.05, 0.1) is 5.75 Å². The Kier molecular flexibility index (Phi) is 5.21. The predicted octanol–water partition coefficient (Wildman–Crippen LogP) is 1.59. The normalized spacial score (nSPS) is 13.8. The lowest BCUT2D eigenvalue weighted by Crippen LogP contribution is -2.15. The zero-order valence-corrected chi connectivity index (χ0v) is 11.6. The van der Waals surface area contributed by atoms with Gasteiger partial charge in [-0.15, -0.1) is 0 Å². The number of hydrogen-bond acceptors (Lipinski definition) is 3. The van der Waals surface area contributed by atoms with Gasteiger partial charge in [-0.1, -0.05) is 13.3 Å². The van der Waals surface area contributed by atoms with Gasteiger partial charge in [-0.05, 0) is 25.1 Å². The van der Waals surface area contributed by atoms with E-state index in [0.717, 1.165) is 12.8 Å². The largest absolute Gasteiger partial charge is 0.353 e. The summed E-state index contributed by atoms with van der Waals surface area (Å²) >= 11 is 0. The lowest BCUT2D eigenvalue weighted by molar-refractivity contribution is 0.540. The van der Waals surface area contributed by atoms with Crippen LogP contribution in [0.25, 0.3) is 0 Å². The van der Waals surface area contributed by atoms with Crippen LogP contribution in [0, 0.1) is 0 Å². The molecule has 1 N–H and O–H groups in total. The molecule has 0 saturated heterocycles. The highest BCUT2D eigenvalue weighted by Crippen LogP contribution is 2.18. The zero-order valence-electron chi connectivity index (χ0n) is 10.8. The first-order chi connectivity index (χ1) is 7.96. The van der Waals surface area contributed by atoms with Gasteiger partial charge >= 0.3 is 0 Å². The van der Waals surface area contributed by atoms with Gasteiger partial charge in [0.2, 0.25) is 0 Å². The molecule has 1 aromatic heterocycles. The molecule has 1 rings (SSSR count). The van der Waals surface area contributed by atoms with E-state index in [9.17, 15) is 8.42 Å². The second kappa shape index (κ2) is 6.21. The van der Waals surface area contributed by atoms with Crippen molar-refractivity contribution in [1.29, 1.82) is 0 Å². The van der Waals surface area contributed by atoms with Crippen molar-refractivity contribution in [2.75, 3.05) is 19.1 Å². The van der Waals surface area contributed by atoms with Crippen molar-refractivity contribution >= 4 is 9.84 Å². The maximum absolute atomic E-state index is 11.1. The predicted molar refractivity (Wildman–Crippen MR) is 70.9 cm³/mol. The minimum atomic E-state index is -2.89. The Morgan fingerprint density at radius 2 is 2.18 bits per heavy atom. The van der Waals surface area contributed by atoms with Gasteiger partial charge in [-0.3, -0.25) is 0 Å². The minimum Gasteiger partial charge on any atom is -0.353 e. The van der Waals surface area contributed by atoms with E-state index in [2.05, 4.69) is 18.3 Å². The monoisotopic (exact) mass is 258 g/mol. The molecule has 0 aliphatic rings.